The van der Waals surface area contributed by atoms with Gasteiger partial charge < -0.3 is 15.2 Å². The normalized spacial score (nSPS) is 16.1. The van der Waals surface area contributed by atoms with E-state index in [4.69, 9.17) is 27.9 Å². The van der Waals surface area contributed by atoms with Gasteiger partial charge in [-0.3, -0.25) is 14.6 Å². The largest absolute Gasteiger partial charge is 0.491 e. The number of anilines is 1. The molecule has 174 valence electrons. The van der Waals surface area contributed by atoms with Gasteiger partial charge in [0.1, 0.15) is 18.5 Å². The predicted octanol–water partition coefficient (Wildman–Crippen LogP) is 3.91. The number of halogens is 2. The van der Waals surface area contributed by atoms with Gasteiger partial charge in [-0.2, -0.15) is 0 Å². The molecule has 1 heterocycles. The molecule has 0 aliphatic carbocycles. The number of β-amino-alcohol motifs (C(OH)–C–C–N with tert-alkyl or cyclic N) is 1. The molecule has 1 atom stereocenters. The highest BCUT2D eigenvalue weighted by atomic mass is 35.5. The third-order valence-corrected chi connectivity index (χ3v) is 6.67. The van der Waals surface area contributed by atoms with Crippen molar-refractivity contribution in [1.29, 1.82) is 0 Å². The lowest BCUT2D eigenvalue weighted by Gasteiger charge is -2.35. The van der Waals surface area contributed by atoms with Crippen LogP contribution in [-0.2, 0) is 4.79 Å². The summed E-state index contributed by atoms with van der Waals surface area (Å²) in [5.41, 5.74) is 3.79. The van der Waals surface area contributed by atoms with Gasteiger partial charge in [0.15, 0.2) is 0 Å². The number of ether oxygens (including phenoxy) is 1. The number of hydrogen-bond acceptors (Lipinski definition) is 5. The number of aliphatic hydroxyl groups is 1. The minimum absolute atomic E-state index is 0.00119. The molecule has 32 heavy (non-hydrogen) atoms. The molecule has 2 N–H and O–H groups in total. The lowest BCUT2D eigenvalue weighted by molar-refractivity contribution is -0.117. The quantitative estimate of drug-likeness (QED) is 0.600. The molecule has 0 saturated carbocycles. The summed E-state index contributed by atoms with van der Waals surface area (Å²) in [5, 5.41) is 14.4. The minimum atomic E-state index is -0.622. The summed E-state index contributed by atoms with van der Waals surface area (Å²) in [7, 11) is 0. The number of nitrogens with zero attached hydrogens (tertiary/aromatic N) is 2. The Morgan fingerprint density at radius 3 is 2.34 bits per heavy atom. The molecule has 3 rings (SSSR count). The van der Waals surface area contributed by atoms with Gasteiger partial charge in [-0.25, -0.2) is 0 Å². The number of para-hydroxylation sites is 1. The number of carbonyl (C=O) groups is 1. The van der Waals surface area contributed by atoms with Crippen molar-refractivity contribution in [3.8, 4) is 5.75 Å². The molecule has 1 aliphatic rings. The van der Waals surface area contributed by atoms with E-state index in [9.17, 15) is 9.90 Å². The van der Waals surface area contributed by atoms with Gasteiger partial charge in [0.2, 0.25) is 5.91 Å². The number of aliphatic hydroxyl groups excluding tert-OH is 1. The van der Waals surface area contributed by atoms with Gasteiger partial charge in [0.25, 0.3) is 0 Å². The second-order valence-electron chi connectivity index (χ2n) is 8.34. The number of benzene rings is 2. The molecule has 0 aromatic heterocycles. The van der Waals surface area contributed by atoms with Crippen LogP contribution in [0.1, 0.15) is 16.7 Å². The van der Waals surface area contributed by atoms with Crippen LogP contribution in [0, 0.1) is 20.8 Å². The second-order valence-corrected chi connectivity index (χ2v) is 9.13. The molecule has 0 radical (unpaired) electrons. The number of carbonyl (C=O) groups excluding carboxylic acids is 1. The molecule has 0 spiro atoms. The Balaban J connectivity index is 1.40. The van der Waals surface area contributed by atoms with Gasteiger partial charge in [0.05, 0.1) is 16.6 Å². The Morgan fingerprint density at radius 1 is 1.06 bits per heavy atom. The first-order valence-electron chi connectivity index (χ1n) is 10.8. The second kappa shape index (κ2) is 11.3. The smallest absolute Gasteiger partial charge is 0.238 e. The lowest BCUT2D eigenvalue weighted by atomic mass is 10.1. The van der Waals surface area contributed by atoms with Crippen molar-refractivity contribution < 1.29 is 14.6 Å². The van der Waals surface area contributed by atoms with E-state index in [0.717, 1.165) is 48.6 Å². The topological polar surface area (TPSA) is 65.0 Å². The monoisotopic (exact) mass is 479 g/mol. The fraction of sp³-hybridized carbons (Fsp3) is 0.458. The van der Waals surface area contributed by atoms with E-state index < -0.39 is 6.10 Å². The highest BCUT2D eigenvalue weighted by Gasteiger charge is 2.21. The number of amides is 1. The van der Waals surface area contributed by atoms with Crippen LogP contribution in [0.4, 0.5) is 5.69 Å². The number of nitrogens with one attached hydrogen (secondary N) is 1. The van der Waals surface area contributed by atoms with Crippen LogP contribution < -0.4 is 10.1 Å². The molecule has 1 unspecified atom stereocenters. The maximum Gasteiger partial charge on any atom is 0.238 e. The summed E-state index contributed by atoms with van der Waals surface area (Å²) < 4.78 is 5.74. The van der Waals surface area contributed by atoms with Crippen LogP contribution in [0.5, 0.6) is 5.75 Å². The van der Waals surface area contributed by atoms with Gasteiger partial charge in [-0.15, -0.1) is 0 Å². The van der Waals surface area contributed by atoms with Crippen molar-refractivity contribution in [2.75, 3.05) is 51.2 Å². The van der Waals surface area contributed by atoms with Gasteiger partial charge in [-0.1, -0.05) is 41.4 Å². The molecular weight excluding hydrogens is 449 g/mol. The Kier molecular flexibility index (Phi) is 8.79. The van der Waals surface area contributed by atoms with E-state index in [1.165, 1.54) is 0 Å². The van der Waals surface area contributed by atoms with Gasteiger partial charge in [0, 0.05) is 44.0 Å². The Hall–Kier alpha value is -1.83. The average molecular weight is 480 g/mol. The third kappa shape index (κ3) is 6.59. The van der Waals surface area contributed by atoms with Crippen LogP contribution in [0.25, 0.3) is 0 Å². The number of piperazine rings is 1. The van der Waals surface area contributed by atoms with Crippen molar-refractivity contribution in [1.82, 2.24) is 9.80 Å². The molecule has 1 amide bonds. The number of hydrogen-bond donors (Lipinski definition) is 2. The fourth-order valence-electron chi connectivity index (χ4n) is 3.85. The number of rotatable bonds is 8. The molecule has 2 aromatic rings. The number of aryl methyl sites for hydroxylation is 2. The van der Waals surface area contributed by atoms with Gasteiger partial charge >= 0.3 is 0 Å². The maximum atomic E-state index is 12.5. The van der Waals surface area contributed by atoms with Crippen molar-refractivity contribution in [3.63, 3.8) is 0 Å². The first-order valence-corrected chi connectivity index (χ1v) is 11.6. The van der Waals surface area contributed by atoms with Crippen LogP contribution in [-0.4, -0.2) is 72.8 Å². The zero-order valence-electron chi connectivity index (χ0n) is 18.8. The first kappa shape index (κ1) is 24.8. The molecule has 1 fully saturated rings. The first-order chi connectivity index (χ1) is 15.2. The van der Waals surface area contributed by atoms with E-state index >= 15 is 0 Å². The van der Waals surface area contributed by atoms with Gasteiger partial charge in [-0.05, 0) is 44.0 Å². The van der Waals surface area contributed by atoms with Crippen LogP contribution in [0.3, 0.4) is 0 Å². The summed E-state index contributed by atoms with van der Waals surface area (Å²) in [6.07, 6.45) is -0.622. The van der Waals surface area contributed by atoms with Crippen LogP contribution >= 0.6 is 23.2 Å². The zero-order valence-corrected chi connectivity index (χ0v) is 20.3. The zero-order chi connectivity index (χ0) is 23.3. The summed E-state index contributed by atoms with van der Waals surface area (Å²) >= 11 is 12.2. The Bertz CT molecular complexity index is 926. The molecular formula is C24H31Cl2N3O3. The molecule has 1 saturated heterocycles. The SMILES string of the molecule is Cc1cccc(C)c1NC(=O)CN1CCN(CC(O)COc2ccc(Cl)c(Cl)c2C)CC1. The Labute approximate surface area is 200 Å². The van der Waals surface area contributed by atoms with Crippen molar-refractivity contribution in [2.45, 2.75) is 26.9 Å². The minimum Gasteiger partial charge on any atom is -0.491 e. The summed E-state index contributed by atoms with van der Waals surface area (Å²) in [6, 6.07) is 9.44. The average Bonchev–Trinajstić information content (AvgIpc) is 2.76. The summed E-state index contributed by atoms with van der Waals surface area (Å²) in [5.74, 6) is 0.624. The maximum absolute atomic E-state index is 12.5. The molecule has 1 aliphatic heterocycles. The summed E-state index contributed by atoms with van der Waals surface area (Å²) in [4.78, 5) is 16.8. The highest BCUT2D eigenvalue weighted by molar-refractivity contribution is 6.42. The fourth-order valence-corrected chi connectivity index (χ4v) is 4.21. The van der Waals surface area contributed by atoms with E-state index in [1.54, 1.807) is 12.1 Å². The van der Waals surface area contributed by atoms with Crippen molar-refractivity contribution in [2.24, 2.45) is 0 Å². The van der Waals surface area contributed by atoms with E-state index in [-0.39, 0.29) is 12.5 Å². The van der Waals surface area contributed by atoms with E-state index in [2.05, 4.69) is 15.1 Å². The van der Waals surface area contributed by atoms with E-state index in [1.807, 2.05) is 39.0 Å². The summed E-state index contributed by atoms with van der Waals surface area (Å²) in [6.45, 7) is 10.0. The standard InChI is InChI=1S/C24H31Cl2N3O3/c1-16-5-4-6-17(2)24(16)27-22(31)14-29-11-9-28(10-12-29)13-19(30)15-32-21-8-7-20(25)23(26)18(21)3/h4-8,19,30H,9-15H2,1-3H3,(H,27,31). The van der Waals surface area contributed by atoms with E-state index in [0.29, 0.717) is 28.9 Å². The molecule has 2 aromatic carbocycles. The third-order valence-electron chi connectivity index (χ3n) is 5.77. The lowest BCUT2D eigenvalue weighted by Crippen LogP contribution is -2.50. The molecule has 6 nitrogen and oxygen atoms in total. The molecule has 0 bridgehead atoms. The van der Waals surface area contributed by atoms with Crippen LogP contribution in [0.15, 0.2) is 30.3 Å². The van der Waals surface area contributed by atoms with Crippen molar-refractivity contribution >= 4 is 34.8 Å². The molecule has 8 heteroatoms. The van der Waals surface area contributed by atoms with Crippen molar-refractivity contribution in [3.05, 3.63) is 57.1 Å². The predicted molar refractivity (Wildman–Crippen MR) is 130 cm³/mol. The van der Waals surface area contributed by atoms with Crippen LogP contribution in [0.2, 0.25) is 10.0 Å². The Morgan fingerprint density at radius 2 is 1.69 bits per heavy atom. The highest BCUT2D eigenvalue weighted by Crippen LogP contribution is 2.32.